The van der Waals surface area contributed by atoms with Crippen LogP contribution in [0.4, 0.5) is 0 Å². The fourth-order valence-corrected chi connectivity index (χ4v) is 5.81. The predicted molar refractivity (Wildman–Crippen MR) is 143 cm³/mol. The van der Waals surface area contributed by atoms with E-state index in [1.165, 1.54) is 11.3 Å². The summed E-state index contributed by atoms with van der Waals surface area (Å²) in [7, 11) is 0. The van der Waals surface area contributed by atoms with Crippen molar-refractivity contribution >= 4 is 23.0 Å². The van der Waals surface area contributed by atoms with Gasteiger partial charge in [0.1, 0.15) is 5.75 Å². The Morgan fingerprint density at radius 3 is 2.68 bits per heavy atom. The van der Waals surface area contributed by atoms with Crippen LogP contribution in [0.3, 0.4) is 0 Å². The predicted octanol–water partition coefficient (Wildman–Crippen LogP) is 4.63. The molecule has 1 unspecified atom stereocenters. The van der Waals surface area contributed by atoms with Crippen molar-refractivity contribution in [3.05, 3.63) is 56.7 Å². The number of carbonyl (C=O) groups excluding carboxylic acids is 2. The molecule has 4 rings (SSSR count). The third-order valence-corrected chi connectivity index (χ3v) is 7.90. The van der Waals surface area contributed by atoms with Crippen molar-refractivity contribution in [1.29, 1.82) is 0 Å². The van der Waals surface area contributed by atoms with Crippen molar-refractivity contribution < 1.29 is 24.2 Å². The van der Waals surface area contributed by atoms with Crippen LogP contribution < -0.4 is 4.74 Å². The maximum Gasteiger partial charge on any atom is 0.290 e. The third-order valence-electron chi connectivity index (χ3n) is 6.83. The van der Waals surface area contributed by atoms with Gasteiger partial charge in [0.25, 0.3) is 5.91 Å². The van der Waals surface area contributed by atoms with Gasteiger partial charge in [-0.25, -0.2) is 4.98 Å². The van der Waals surface area contributed by atoms with Crippen LogP contribution in [0.2, 0.25) is 0 Å². The van der Waals surface area contributed by atoms with E-state index in [2.05, 4.69) is 16.8 Å². The summed E-state index contributed by atoms with van der Waals surface area (Å²) in [6.07, 6.45) is 3.89. The van der Waals surface area contributed by atoms with E-state index in [9.17, 15) is 14.7 Å². The Morgan fingerprint density at radius 2 is 1.97 bits per heavy atom. The summed E-state index contributed by atoms with van der Waals surface area (Å²) in [5, 5.41) is 11.8. The van der Waals surface area contributed by atoms with Crippen molar-refractivity contribution in [3.63, 3.8) is 0 Å². The zero-order valence-electron chi connectivity index (χ0n) is 22.0. The molecule has 1 N–H and O–H groups in total. The summed E-state index contributed by atoms with van der Waals surface area (Å²) in [5.74, 6) is -0.634. The number of aliphatic hydroxyl groups is 1. The van der Waals surface area contributed by atoms with Crippen LogP contribution in [0.15, 0.2) is 35.6 Å². The minimum atomic E-state index is -0.689. The SMILES string of the molecule is CCCCCOc1cccc(C2C(C(=O)c3sc(C)nc3C)=C(O)C(=O)N2CCCN2CCOCC2)c1. The van der Waals surface area contributed by atoms with E-state index in [1.54, 1.807) is 11.8 Å². The average molecular weight is 528 g/mol. The number of morpholine rings is 1. The van der Waals surface area contributed by atoms with Crippen molar-refractivity contribution in [1.82, 2.24) is 14.8 Å². The number of ketones is 1. The molecule has 1 amide bonds. The Morgan fingerprint density at radius 1 is 1.19 bits per heavy atom. The molecule has 9 heteroatoms. The quantitative estimate of drug-likeness (QED) is 0.318. The Kier molecular flexibility index (Phi) is 9.34. The number of rotatable bonds is 12. The number of thiazole rings is 1. The van der Waals surface area contributed by atoms with Crippen LogP contribution >= 0.6 is 11.3 Å². The van der Waals surface area contributed by atoms with Gasteiger partial charge in [-0.3, -0.25) is 14.5 Å². The molecule has 0 aliphatic carbocycles. The molecule has 2 aromatic rings. The maximum atomic E-state index is 13.7. The second-order valence-electron chi connectivity index (χ2n) is 9.58. The fourth-order valence-electron chi connectivity index (χ4n) is 4.93. The number of ether oxygens (including phenoxy) is 2. The maximum absolute atomic E-state index is 13.7. The number of carbonyl (C=O) groups is 2. The fraction of sp³-hybridized carbons (Fsp3) is 0.536. The molecule has 0 saturated carbocycles. The van der Waals surface area contributed by atoms with E-state index >= 15 is 0 Å². The van der Waals surface area contributed by atoms with Crippen LogP contribution in [-0.2, 0) is 9.53 Å². The number of nitrogens with zero attached hydrogens (tertiary/aromatic N) is 3. The molecular weight excluding hydrogens is 490 g/mol. The largest absolute Gasteiger partial charge is 0.503 e. The zero-order chi connectivity index (χ0) is 26.4. The summed E-state index contributed by atoms with van der Waals surface area (Å²) in [6, 6.07) is 6.85. The van der Waals surface area contributed by atoms with Gasteiger partial charge in [-0.1, -0.05) is 31.9 Å². The molecule has 8 nitrogen and oxygen atoms in total. The van der Waals surface area contributed by atoms with Crippen LogP contribution in [0.25, 0.3) is 0 Å². The monoisotopic (exact) mass is 527 g/mol. The van der Waals surface area contributed by atoms with E-state index < -0.39 is 17.7 Å². The Hall–Kier alpha value is -2.75. The van der Waals surface area contributed by atoms with E-state index in [0.29, 0.717) is 42.7 Å². The standard InChI is InChI=1S/C28H37N3O5S/c1-4-5-6-15-36-22-10-7-9-21(18-22)24-23(25(32)27-19(2)29-20(3)37-27)26(33)28(34)31(24)12-8-11-30-13-16-35-17-14-30/h7,9-10,18,24,33H,4-6,8,11-17H2,1-3H3. The second kappa shape index (κ2) is 12.7. The molecular formula is C28H37N3O5S. The minimum Gasteiger partial charge on any atom is -0.503 e. The second-order valence-corrected chi connectivity index (χ2v) is 10.8. The Bertz CT molecular complexity index is 1140. The van der Waals surface area contributed by atoms with Crippen LogP contribution in [0.5, 0.6) is 5.75 Å². The van der Waals surface area contributed by atoms with Gasteiger partial charge in [-0.05, 0) is 44.4 Å². The van der Waals surface area contributed by atoms with Crippen molar-refractivity contribution in [2.24, 2.45) is 0 Å². The molecule has 200 valence electrons. The van der Waals surface area contributed by atoms with Crippen molar-refractivity contribution in [3.8, 4) is 5.75 Å². The van der Waals surface area contributed by atoms with Crippen LogP contribution in [0.1, 0.15) is 64.6 Å². The number of aromatic nitrogens is 1. The zero-order valence-corrected chi connectivity index (χ0v) is 22.8. The topological polar surface area (TPSA) is 92.2 Å². The highest BCUT2D eigenvalue weighted by molar-refractivity contribution is 7.14. The van der Waals surface area contributed by atoms with Gasteiger partial charge in [-0.15, -0.1) is 11.3 Å². The Labute approximate surface area is 222 Å². The highest BCUT2D eigenvalue weighted by Crippen LogP contribution is 2.41. The summed E-state index contributed by atoms with van der Waals surface area (Å²) in [6.45, 7) is 10.8. The lowest BCUT2D eigenvalue weighted by Gasteiger charge is -2.30. The molecule has 0 spiro atoms. The molecule has 2 aliphatic heterocycles. The molecule has 0 bridgehead atoms. The van der Waals surface area contributed by atoms with Gasteiger partial charge in [-0.2, -0.15) is 0 Å². The molecule has 1 fully saturated rings. The van der Waals surface area contributed by atoms with Gasteiger partial charge in [0.15, 0.2) is 5.76 Å². The first-order valence-electron chi connectivity index (χ1n) is 13.2. The van der Waals surface area contributed by atoms with E-state index in [-0.39, 0.29) is 11.4 Å². The summed E-state index contributed by atoms with van der Waals surface area (Å²) in [5.41, 5.74) is 1.48. The number of amides is 1. The molecule has 0 radical (unpaired) electrons. The average Bonchev–Trinajstić information content (AvgIpc) is 3.37. The summed E-state index contributed by atoms with van der Waals surface area (Å²) in [4.78, 5) is 35.8. The molecule has 1 aromatic heterocycles. The molecule has 1 aromatic carbocycles. The normalized spacial score (nSPS) is 18.6. The van der Waals surface area contributed by atoms with E-state index in [1.807, 2.05) is 31.2 Å². The Balaban J connectivity index is 1.61. The molecule has 2 aliphatic rings. The highest BCUT2D eigenvalue weighted by atomic mass is 32.1. The van der Waals surface area contributed by atoms with Crippen LogP contribution in [-0.4, -0.2) is 77.6 Å². The minimum absolute atomic E-state index is 0.117. The van der Waals surface area contributed by atoms with Gasteiger partial charge in [0, 0.05) is 26.2 Å². The van der Waals surface area contributed by atoms with E-state index in [0.717, 1.165) is 55.9 Å². The number of aliphatic hydroxyl groups excluding tert-OH is 1. The smallest absolute Gasteiger partial charge is 0.290 e. The van der Waals surface area contributed by atoms with Gasteiger partial charge < -0.3 is 19.5 Å². The summed E-state index contributed by atoms with van der Waals surface area (Å²) >= 11 is 1.29. The van der Waals surface area contributed by atoms with Gasteiger partial charge >= 0.3 is 0 Å². The number of aryl methyl sites for hydroxylation is 2. The van der Waals surface area contributed by atoms with Gasteiger partial charge in [0.2, 0.25) is 5.78 Å². The van der Waals surface area contributed by atoms with Crippen molar-refractivity contribution in [2.75, 3.05) is 46.0 Å². The molecule has 3 heterocycles. The number of Topliss-reactive ketones (excluding diaryl/α,β-unsaturated/α-hetero) is 1. The van der Waals surface area contributed by atoms with Gasteiger partial charge in [0.05, 0.1) is 47.0 Å². The van der Waals surface area contributed by atoms with E-state index in [4.69, 9.17) is 9.47 Å². The lowest BCUT2D eigenvalue weighted by Crippen LogP contribution is -2.39. The first-order valence-corrected chi connectivity index (χ1v) is 14.0. The lowest BCUT2D eigenvalue weighted by molar-refractivity contribution is -0.129. The molecule has 1 atom stereocenters. The summed E-state index contributed by atoms with van der Waals surface area (Å²) < 4.78 is 11.4. The number of benzene rings is 1. The first-order chi connectivity index (χ1) is 17.9. The van der Waals surface area contributed by atoms with Crippen molar-refractivity contribution in [2.45, 2.75) is 52.5 Å². The first kappa shape index (κ1) is 27.3. The third kappa shape index (κ3) is 6.40. The molecule has 37 heavy (non-hydrogen) atoms. The molecule has 1 saturated heterocycles. The van der Waals surface area contributed by atoms with Crippen LogP contribution in [0, 0.1) is 13.8 Å². The number of hydrogen-bond donors (Lipinski definition) is 1. The highest BCUT2D eigenvalue weighted by Gasteiger charge is 2.44. The number of hydrogen-bond acceptors (Lipinski definition) is 8. The lowest BCUT2D eigenvalue weighted by atomic mass is 9.94. The number of unbranched alkanes of at least 4 members (excludes halogenated alkanes) is 2.